The predicted molar refractivity (Wildman–Crippen MR) is 110 cm³/mol. The van der Waals surface area contributed by atoms with E-state index in [-0.39, 0.29) is 11.8 Å². The number of halogens is 3. The molecule has 2 N–H and O–H groups in total. The molecule has 0 spiro atoms. The minimum Gasteiger partial charge on any atom is -0.439 e. The highest BCUT2D eigenvalue weighted by atomic mass is 19.4. The third-order valence-corrected chi connectivity index (χ3v) is 4.76. The second kappa shape index (κ2) is 8.51. The largest absolute Gasteiger partial charge is 0.439 e. The van der Waals surface area contributed by atoms with Gasteiger partial charge in [-0.3, -0.25) is 4.79 Å². The number of benzene rings is 2. The van der Waals surface area contributed by atoms with Crippen molar-refractivity contribution in [2.45, 2.75) is 12.6 Å². The number of amides is 1. The standard InChI is InChI=1S/C23H18F3N3O2/c24-23(25,26)17-7-10-21(29-14-17)31-18-8-5-15(6-9-18)22(30)27-12-11-16-13-28-20-4-2-1-3-19(16)20/h1-10,13-14,28H,11-12H2,(H,27,30). The number of fused-ring (bicyclic) bond motifs is 1. The molecule has 1 amide bonds. The van der Waals surface area contributed by atoms with Gasteiger partial charge in [-0.05, 0) is 48.4 Å². The van der Waals surface area contributed by atoms with E-state index >= 15 is 0 Å². The Balaban J connectivity index is 1.31. The fraction of sp³-hybridized carbons (Fsp3) is 0.130. The first-order valence-corrected chi connectivity index (χ1v) is 9.54. The number of nitrogens with zero attached hydrogens (tertiary/aromatic N) is 1. The number of para-hydroxylation sites is 1. The third kappa shape index (κ3) is 4.85. The molecule has 0 aliphatic rings. The summed E-state index contributed by atoms with van der Waals surface area (Å²) in [6.07, 6.45) is -1.10. The van der Waals surface area contributed by atoms with Gasteiger partial charge in [0, 0.05) is 41.5 Å². The molecule has 158 valence electrons. The fourth-order valence-corrected chi connectivity index (χ4v) is 3.15. The van der Waals surface area contributed by atoms with Crippen LogP contribution in [-0.2, 0) is 12.6 Å². The van der Waals surface area contributed by atoms with E-state index in [9.17, 15) is 18.0 Å². The number of aromatic nitrogens is 2. The first-order chi connectivity index (χ1) is 14.9. The highest BCUT2D eigenvalue weighted by molar-refractivity contribution is 5.94. The zero-order valence-electron chi connectivity index (χ0n) is 16.2. The minimum atomic E-state index is -4.45. The van der Waals surface area contributed by atoms with Crippen LogP contribution in [0.2, 0.25) is 0 Å². The van der Waals surface area contributed by atoms with E-state index in [2.05, 4.69) is 15.3 Å². The van der Waals surface area contributed by atoms with Crippen LogP contribution >= 0.6 is 0 Å². The number of H-pyrrole nitrogens is 1. The number of pyridine rings is 1. The summed E-state index contributed by atoms with van der Waals surface area (Å²) in [5, 5.41) is 4.01. The summed E-state index contributed by atoms with van der Waals surface area (Å²) in [5.41, 5.74) is 1.79. The highest BCUT2D eigenvalue weighted by Gasteiger charge is 2.30. The maximum Gasteiger partial charge on any atom is 0.417 e. The van der Waals surface area contributed by atoms with Crippen LogP contribution in [0, 0.1) is 0 Å². The monoisotopic (exact) mass is 425 g/mol. The van der Waals surface area contributed by atoms with Crippen LogP contribution in [0.5, 0.6) is 11.6 Å². The second-order valence-corrected chi connectivity index (χ2v) is 6.87. The van der Waals surface area contributed by atoms with Gasteiger partial charge in [0.05, 0.1) is 5.56 Å². The van der Waals surface area contributed by atoms with Crippen molar-refractivity contribution in [2.24, 2.45) is 0 Å². The molecule has 31 heavy (non-hydrogen) atoms. The van der Waals surface area contributed by atoms with Crippen molar-refractivity contribution in [1.29, 1.82) is 0 Å². The zero-order valence-corrected chi connectivity index (χ0v) is 16.2. The number of alkyl halides is 3. The Kier molecular flexibility index (Phi) is 5.62. The molecule has 5 nitrogen and oxygen atoms in total. The molecule has 0 saturated carbocycles. The molecule has 0 bridgehead atoms. The van der Waals surface area contributed by atoms with Gasteiger partial charge in [-0.2, -0.15) is 13.2 Å². The van der Waals surface area contributed by atoms with Crippen molar-refractivity contribution < 1.29 is 22.7 Å². The minimum absolute atomic E-state index is 0.0314. The highest BCUT2D eigenvalue weighted by Crippen LogP contribution is 2.30. The van der Waals surface area contributed by atoms with Gasteiger partial charge in [0.2, 0.25) is 5.88 Å². The van der Waals surface area contributed by atoms with Gasteiger partial charge in [-0.15, -0.1) is 0 Å². The Hall–Kier alpha value is -3.81. The molecule has 2 aromatic carbocycles. The van der Waals surface area contributed by atoms with Gasteiger partial charge in [0.1, 0.15) is 5.75 Å². The van der Waals surface area contributed by atoms with Crippen LogP contribution < -0.4 is 10.1 Å². The zero-order chi connectivity index (χ0) is 21.8. The summed E-state index contributed by atoms with van der Waals surface area (Å²) in [4.78, 5) is 19.2. The van der Waals surface area contributed by atoms with Crippen LogP contribution in [0.15, 0.2) is 73.1 Å². The summed E-state index contributed by atoms with van der Waals surface area (Å²) in [6.45, 7) is 0.481. The van der Waals surface area contributed by atoms with Gasteiger partial charge < -0.3 is 15.0 Å². The van der Waals surface area contributed by atoms with Crippen molar-refractivity contribution >= 4 is 16.8 Å². The van der Waals surface area contributed by atoms with E-state index in [0.29, 0.717) is 30.5 Å². The number of carbonyl (C=O) groups excluding carboxylic acids is 1. The quantitative estimate of drug-likeness (QED) is 0.438. The van der Waals surface area contributed by atoms with Crippen LogP contribution in [0.4, 0.5) is 13.2 Å². The maximum atomic E-state index is 12.6. The van der Waals surface area contributed by atoms with Crippen molar-refractivity contribution in [3.05, 3.63) is 89.7 Å². The summed E-state index contributed by atoms with van der Waals surface area (Å²) < 4.78 is 43.2. The van der Waals surface area contributed by atoms with Crippen LogP contribution in [0.3, 0.4) is 0 Å². The molecule has 0 fully saturated rings. The topological polar surface area (TPSA) is 67.0 Å². The van der Waals surface area contributed by atoms with Gasteiger partial charge >= 0.3 is 6.18 Å². The Morgan fingerprint density at radius 3 is 2.52 bits per heavy atom. The van der Waals surface area contributed by atoms with E-state index in [4.69, 9.17) is 4.74 Å². The molecule has 4 aromatic rings. The summed E-state index contributed by atoms with van der Waals surface area (Å²) in [5.74, 6) is 0.172. The fourth-order valence-electron chi connectivity index (χ4n) is 3.15. The summed E-state index contributed by atoms with van der Waals surface area (Å²) in [7, 11) is 0. The van der Waals surface area contributed by atoms with Crippen molar-refractivity contribution in [2.75, 3.05) is 6.54 Å². The molecule has 0 radical (unpaired) electrons. The molecule has 0 aliphatic carbocycles. The molecule has 0 unspecified atom stereocenters. The van der Waals surface area contributed by atoms with Crippen LogP contribution in [0.25, 0.3) is 10.9 Å². The summed E-state index contributed by atoms with van der Waals surface area (Å²) in [6, 6.07) is 16.3. The van der Waals surface area contributed by atoms with Gasteiger partial charge in [0.25, 0.3) is 5.91 Å². The molecule has 8 heteroatoms. The maximum absolute atomic E-state index is 12.6. The molecule has 4 rings (SSSR count). The number of ether oxygens (including phenoxy) is 1. The first kappa shape index (κ1) is 20.5. The predicted octanol–water partition coefficient (Wildman–Crippen LogP) is 5.35. The van der Waals surface area contributed by atoms with Crippen molar-refractivity contribution in [3.63, 3.8) is 0 Å². The number of nitrogens with one attached hydrogen (secondary N) is 2. The molecule has 0 aliphatic heterocycles. The lowest BCUT2D eigenvalue weighted by atomic mass is 10.1. The van der Waals surface area contributed by atoms with E-state index < -0.39 is 11.7 Å². The van der Waals surface area contributed by atoms with Crippen molar-refractivity contribution in [1.82, 2.24) is 15.3 Å². The van der Waals surface area contributed by atoms with E-state index in [0.717, 1.165) is 28.6 Å². The average Bonchev–Trinajstić information content (AvgIpc) is 3.17. The van der Waals surface area contributed by atoms with E-state index in [1.807, 2.05) is 30.5 Å². The van der Waals surface area contributed by atoms with E-state index in [1.165, 1.54) is 0 Å². The van der Waals surface area contributed by atoms with Crippen molar-refractivity contribution in [3.8, 4) is 11.6 Å². The molecule has 2 aromatic heterocycles. The lowest BCUT2D eigenvalue weighted by Crippen LogP contribution is -2.25. The summed E-state index contributed by atoms with van der Waals surface area (Å²) >= 11 is 0. The number of hydrogen-bond acceptors (Lipinski definition) is 3. The molecule has 0 atom stereocenters. The van der Waals surface area contributed by atoms with E-state index in [1.54, 1.807) is 24.3 Å². The molecule has 0 saturated heterocycles. The SMILES string of the molecule is O=C(NCCc1c[nH]c2ccccc12)c1ccc(Oc2ccc(C(F)(F)F)cn2)cc1. The first-order valence-electron chi connectivity index (χ1n) is 9.54. The Labute approximate surface area is 175 Å². The van der Waals surface area contributed by atoms with Gasteiger partial charge in [-0.25, -0.2) is 4.98 Å². The van der Waals surface area contributed by atoms with Crippen LogP contribution in [-0.4, -0.2) is 22.4 Å². The number of hydrogen-bond donors (Lipinski definition) is 2. The third-order valence-electron chi connectivity index (χ3n) is 4.76. The Bertz CT molecular complexity index is 1180. The lowest BCUT2D eigenvalue weighted by Gasteiger charge is -2.09. The Morgan fingerprint density at radius 2 is 1.81 bits per heavy atom. The Morgan fingerprint density at radius 1 is 1.03 bits per heavy atom. The number of carbonyl (C=O) groups is 1. The second-order valence-electron chi connectivity index (χ2n) is 6.87. The lowest BCUT2D eigenvalue weighted by molar-refractivity contribution is -0.137. The van der Waals surface area contributed by atoms with Gasteiger partial charge in [0.15, 0.2) is 0 Å². The smallest absolute Gasteiger partial charge is 0.417 e. The normalized spacial score (nSPS) is 11.5. The number of rotatable bonds is 6. The molecule has 2 heterocycles. The number of aromatic amines is 1. The average molecular weight is 425 g/mol. The molecular formula is C23H18F3N3O2. The molecular weight excluding hydrogens is 407 g/mol. The van der Waals surface area contributed by atoms with Gasteiger partial charge in [-0.1, -0.05) is 18.2 Å². The van der Waals surface area contributed by atoms with Crippen LogP contribution in [0.1, 0.15) is 21.5 Å².